The summed E-state index contributed by atoms with van der Waals surface area (Å²) >= 11 is 12.2. The lowest BCUT2D eigenvalue weighted by Gasteiger charge is -2.62. The van der Waals surface area contributed by atoms with E-state index < -0.39 is 23.2 Å². The van der Waals surface area contributed by atoms with E-state index >= 15 is 0 Å². The summed E-state index contributed by atoms with van der Waals surface area (Å²) < 4.78 is 41.9. The molecule has 1 saturated heterocycles. The molecule has 0 aromatic heterocycles. The van der Waals surface area contributed by atoms with Gasteiger partial charge in [-0.25, -0.2) is 0 Å². The van der Waals surface area contributed by atoms with Crippen LogP contribution in [0.15, 0.2) is 48.5 Å². The maximum Gasteiger partial charge on any atom is 0.430 e. The number of nitrogens with zero attached hydrogens (tertiary/aromatic N) is 3. The molecule has 1 unspecified atom stereocenters. The Kier molecular flexibility index (Phi) is 7.48. The fourth-order valence-corrected chi connectivity index (χ4v) is 6.57. The Morgan fingerprint density at radius 2 is 1.77 bits per heavy atom. The number of hydrogen-bond acceptors (Lipinski definition) is 4. The van der Waals surface area contributed by atoms with E-state index in [1.54, 1.807) is 20.2 Å². The third-order valence-corrected chi connectivity index (χ3v) is 8.92. The predicted octanol–water partition coefficient (Wildman–Crippen LogP) is 5.23. The highest BCUT2D eigenvalue weighted by Gasteiger charge is 2.65. The van der Waals surface area contributed by atoms with E-state index in [2.05, 4.69) is 11.0 Å². The average molecular weight is 596 g/mol. The van der Waals surface area contributed by atoms with E-state index in [4.69, 9.17) is 23.2 Å². The molecule has 0 radical (unpaired) electrons. The highest BCUT2D eigenvalue weighted by Crippen LogP contribution is 2.52. The summed E-state index contributed by atoms with van der Waals surface area (Å²) in [6.07, 6.45) is -0.657. The molecular formula is C29H30Cl2F3N3O3. The number of benzene rings is 2. The fraction of sp³-hybridized carbons (Fsp3) is 0.448. The van der Waals surface area contributed by atoms with Crippen LogP contribution in [0.2, 0.25) is 10.0 Å². The van der Waals surface area contributed by atoms with Crippen LogP contribution in [-0.2, 0) is 10.4 Å². The summed E-state index contributed by atoms with van der Waals surface area (Å²) in [6, 6.07) is 10.5. The Balaban J connectivity index is 1.18. The van der Waals surface area contributed by atoms with Gasteiger partial charge in [0, 0.05) is 62.3 Å². The number of rotatable bonds is 5. The van der Waals surface area contributed by atoms with Crippen LogP contribution < -0.4 is 0 Å². The van der Waals surface area contributed by atoms with Crippen molar-refractivity contribution in [3.8, 4) is 0 Å². The van der Waals surface area contributed by atoms with Crippen molar-refractivity contribution < 1.29 is 27.9 Å². The summed E-state index contributed by atoms with van der Waals surface area (Å²) in [6.45, 7) is 1.94. The van der Waals surface area contributed by atoms with Gasteiger partial charge in [0.25, 0.3) is 17.4 Å². The molecule has 2 aliphatic heterocycles. The first-order chi connectivity index (χ1) is 18.7. The van der Waals surface area contributed by atoms with Crippen LogP contribution in [-0.4, -0.2) is 84.1 Å². The van der Waals surface area contributed by atoms with Crippen molar-refractivity contribution in [3.63, 3.8) is 0 Å². The first-order valence-electron chi connectivity index (χ1n) is 13.0. The van der Waals surface area contributed by atoms with Gasteiger partial charge in [0.15, 0.2) is 0 Å². The van der Waals surface area contributed by atoms with Gasteiger partial charge in [-0.05, 0) is 54.7 Å². The van der Waals surface area contributed by atoms with Crippen LogP contribution in [0.25, 0.3) is 5.57 Å². The molecule has 3 aliphatic rings. The molecule has 11 heteroatoms. The molecule has 214 valence electrons. The summed E-state index contributed by atoms with van der Waals surface area (Å²) in [5, 5.41) is 11.1. The minimum atomic E-state index is -5.19. The lowest BCUT2D eigenvalue weighted by atomic mass is 9.59. The molecule has 2 aromatic carbocycles. The van der Waals surface area contributed by atoms with Crippen molar-refractivity contribution >= 4 is 40.6 Å². The first-order valence-corrected chi connectivity index (χ1v) is 13.8. The Morgan fingerprint density at radius 1 is 1.07 bits per heavy atom. The summed E-state index contributed by atoms with van der Waals surface area (Å²) in [7, 11) is 3.36. The van der Waals surface area contributed by atoms with Crippen LogP contribution in [0.5, 0.6) is 0 Å². The van der Waals surface area contributed by atoms with Gasteiger partial charge in [0.2, 0.25) is 0 Å². The molecule has 40 heavy (non-hydrogen) atoms. The highest BCUT2D eigenvalue weighted by molar-refractivity contribution is 6.34. The molecule has 2 amide bonds. The Hall–Kier alpha value is -2.59. The molecule has 2 aromatic rings. The monoisotopic (exact) mass is 595 g/mol. The third-order valence-electron chi connectivity index (χ3n) is 8.37. The lowest BCUT2D eigenvalue weighted by molar-refractivity contribution is -0.267. The lowest BCUT2D eigenvalue weighted by Crippen LogP contribution is -2.71. The third kappa shape index (κ3) is 5.02. The van der Waals surface area contributed by atoms with Gasteiger partial charge in [-0.15, -0.1) is 0 Å². The number of carbonyl (C=O) groups excluding carboxylic acids is 2. The van der Waals surface area contributed by atoms with Gasteiger partial charge < -0.3 is 14.9 Å². The van der Waals surface area contributed by atoms with Gasteiger partial charge in [0.05, 0.1) is 10.6 Å². The van der Waals surface area contributed by atoms with Crippen molar-refractivity contribution in [3.05, 3.63) is 75.3 Å². The van der Waals surface area contributed by atoms with Gasteiger partial charge in [-0.2, -0.15) is 13.2 Å². The Labute approximate surface area is 240 Å². The number of likely N-dealkylation sites (tertiary alicyclic amines) is 1. The van der Waals surface area contributed by atoms with E-state index in [9.17, 15) is 27.9 Å². The highest BCUT2D eigenvalue weighted by atomic mass is 35.5. The summed E-state index contributed by atoms with van der Waals surface area (Å²) in [5.74, 6) is -1.51. The number of amides is 2. The predicted molar refractivity (Wildman–Crippen MR) is 147 cm³/mol. The molecule has 1 N–H and O–H groups in total. The molecule has 1 spiro atoms. The van der Waals surface area contributed by atoms with Crippen LogP contribution >= 0.6 is 23.2 Å². The van der Waals surface area contributed by atoms with Gasteiger partial charge in [0.1, 0.15) is 0 Å². The maximum absolute atomic E-state index is 14.0. The topological polar surface area (TPSA) is 64.1 Å². The fourth-order valence-electron chi connectivity index (χ4n) is 6.12. The van der Waals surface area contributed by atoms with Gasteiger partial charge in [-0.1, -0.05) is 47.5 Å². The Bertz CT molecular complexity index is 1370. The second-order valence-electron chi connectivity index (χ2n) is 11.3. The van der Waals surface area contributed by atoms with Crippen LogP contribution in [0.3, 0.4) is 0 Å². The smallest absolute Gasteiger partial charge is 0.368 e. The van der Waals surface area contributed by atoms with E-state index in [0.29, 0.717) is 10.6 Å². The van der Waals surface area contributed by atoms with Crippen molar-refractivity contribution in [2.24, 2.45) is 5.41 Å². The molecule has 1 aliphatic carbocycles. The first kappa shape index (κ1) is 28.9. The largest absolute Gasteiger partial charge is 0.430 e. The summed E-state index contributed by atoms with van der Waals surface area (Å²) in [5.41, 5.74) is -1.84. The second-order valence-corrected chi connectivity index (χ2v) is 12.2. The summed E-state index contributed by atoms with van der Waals surface area (Å²) in [4.78, 5) is 30.2. The minimum Gasteiger partial charge on any atom is -0.368 e. The molecule has 6 nitrogen and oxygen atoms in total. The van der Waals surface area contributed by atoms with Crippen molar-refractivity contribution in [1.82, 2.24) is 14.7 Å². The van der Waals surface area contributed by atoms with Crippen LogP contribution in [0.4, 0.5) is 13.2 Å². The van der Waals surface area contributed by atoms with E-state index in [1.165, 1.54) is 17.0 Å². The Morgan fingerprint density at radius 3 is 2.33 bits per heavy atom. The van der Waals surface area contributed by atoms with E-state index in [0.717, 1.165) is 60.5 Å². The number of aliphatic hydroxyl groups is 1. The van der Waals surface area contributed by atoms with Crippen LogP contribution in [0.1, 0.15) is 40.7 Å². The van der Waals surface area contributed by atoms with E-state index in [-0.39, 0.29) is 35.5 Å². The van der Waals surface area contributed by atoms with E-state index in [1.807, 2.05) is 12.1 Å². The zero-order chi connectivity index (χ0) is 29.0. The maximum atomic E-state index is 14.0. The van der Waals surface area contributed by atoms with Gasteiger partial charge in [-0.3, -0.25) is 14.5 Å². The van der Waals surface area contributed by atoms with Crippen molar-refractivity contribution in [2.45, 2.75) is 37.1 Å². The van der Waals surface area contributed by atoms with Crippen molar-refractivity contribution in [1.29, 1.82) is 0 Å². The molecular weight excluding hydrogens is 566 g/mol. The van der Waals surface area contributed by atoms with Gasteiger partial charge >= 0.3 is 6.18 Å². The number of hydrogen-bond donors (Lipinski definition) is 1. The zero-order valence-corrected chi connectivity index (χ0v) is 23.7. The number of alkyl halides is 3. The molecule has 2 heterocycles. The SMILES string of the molecule is CN(C)C(=O)c1ccc(C2=CCN(C3CC4(C3)CN(C(=O)C(O)(c3cccc(Cl)c3)C(F)(F)F)C4)CC2)cc1Cl. The molecule has 1 atom stereocenters. The average Bonchev–Trinajstić information content (AvgIpc) is 2.85. The number of carbonyl (C=O) groups is 2. The normalized spacial score (nSPS) is 20.8. The second kappa shape index (κ2) is 10.4. The van der Waals surface area contributed by atoms with Crippen molar-refractivity contribution in [2.75, 3.05) is 40.3 Å². The quantitative estimate of drug-likeness (QED) is 0.514. The number of halogens is 5. The van der Waals surface area contributed by atoms with Crippen LogP contribution in [0, 0.1) is 5.41 Å². The zero-order valence-electron chi connectivity index (χ0n) is 22.1. The molecule has 0 bridgehead atoms. The molecule has 5 rings (SSSR count). The molecule has 1 saturated carbocycles. The standard InChI is InChI=1S/C29H30Cl2F3N3O3/c1-35(2)25(38)23-7-6-19(12-24(23)31)18-8-10-36(11-9-18)22-14-27(15-22)16-37(17-27)26(39)28(40,29(32,33)34)20-4-3-5-21(30)13-20/h3-8,12-13,22,40H,9-11,14-17H2,1-2H3. The minimum absolute atomic E-state index is 0.00756. The molecule has 2 fully saturated rings.